The number of likely N-dealkylation sites (N-methyl/N-ethyl adjacent to an activating group) is 1. The first-order valence-electron chi connectivity index (χ1n) is 10.5. The molecule has 1 fully saturated rings. The predicted octanol–water partition coefficient (Wildman–Crippen LogP) is 4.03. The molecule has 0 unspecified atom stereocenters. The van der Waals surface area contributed by atoms with Gasteiger partial charge in [0, 0.05) is 45.5 Å². The SMILES string of the molecule is CNS(=O)(=O)N(C1CC(F)(F)C1)[C@@H]1Cc2ccc(C)c(Oc3cc(F)ccc3Cl)c2N(C)C1=O. The summed E-state index contributed by atoms with van der Waals surface area (Å²) in [5.41, 5.74) is 1.58. The van der Waals surface area contributed by atoms with Gasteiger partial charge in [-0.3, -0.25) is 4.79 Å². The van der Waals surface area contributed by atoms with E-state index in [1.165, 1.54) is 31.1 Å². The molecule has 1 saturated carbocycles. The molecule has 0 spiro atoms. The van der Waals surface area contributed by atoms with Crippen LogP contribution in [0.3, 0.4) is 0 Å². The number of rotatable bonds is 6. The quantitative estimate of drug-likeness (QED) is 0.627. The van der Waals surface area contributed by atoms with Crippen LogP contribution < -0.4 is 14.4 Å². The van der Waals surface area contributed by atoms with E-state index < -0.39 is 52.8 Å². The summed E-state index contributed by atoms with van der Waals surface area (Å²) in [5, 5.41) is 0.165. The maximum absolute atomic E-state index is 13.8. The topological polar surface area (TPSA) is 79.0 Å². The summed E-state index contributed by atoms with van der Waals surface area (Å²) >= 11 is 6.14. The van der Waals surface area contributed by atoms with Crippen molar-refractivity contribution in [2.45, 2.75) is 44.2 Å². The number of fused-ring (bicyclic) bond motifs is 1. The molecule has 2 aromatic carbocycles. The molecule has 0 aromatic heterocycles. The number of hydrogen-bond donors (Lipinski definition) is 1. The third kappa shape index (κ3) is 4.37. The van der Waals surface area contributed by atoms with Gasteiger partial charge in [0.25, 0.3) is 16.1 Å². The first-order valence-corrected chi connectivity index (χ1v) is 12.3. The zero-order chi connectivity index (χ0) is 25.0. The van der Waals surface area contributed by atoms with E-state index in [2.05, 4.69) is 4.72 Å². The van der Waals surface area contributed by atoms with Gasteiger partial charge < -0.3 is 9.64 Å². The van der Waals surface area contributed by atoms with E-state index in [0.717, 1.165) is 10.4 Å². The van der Waals surface area contributed by atoms with Gasteiger partial charge >= 0.3 is 0 Å². The van der Waals surface area contributed by atoms with Crippen LogP contribution >= 0.6 is 11.6 Å². The van der Waals surface area contributed by atoms with Crippen LogP contribution in [0.4, 0.5) is 18.9 Å². The molecular formula is C22H23ClF3N3O4S. The number of amides is 1. The molecule has 1 aliphatic carbocycles. The van der Waals surface area contributed by atoms with Crippen molar-refractivity contribution in [3.05, 3.63) is 52.3 Å². The lowest BCUT2D eigenvalue weighted by molar-refractivity contribution is -0.133. The fourth-order valence-electron chi connectivity index (χ4n) is 4.40. The number of alkyl halides is 2. The van der Waals surface area contributed by atoms with Gasteiger partial charge in [-0.2, -0.15) is 12.7 Å². The molecule has 1 aliphatic heterocycles. The van der Waals surface area contributed by atoms with Gasteiger partial charge in [-0.15, -0.1) is 0 Å². The monoisotopic (exact) mass is 517 g/mol. The number of halogens is 4. The van der Waals surface area contributed by atoms with Crippen molar-refractivity contribution >= 4 is 33.4 Å². The van der Waals surface area contributed by atoms with E-state index in [1.807, 2.05) is 0 Å². The summed E-state index contributed by atoms with van der Waals surface area (Å²) in [6.45, 7) is 1.74. The van der Waals surface area contributed by atoms with Gasteiger partial charge in [0.1, 0.15) is 17.6 Å². The van der Waals surface area contributed by atoms with Crippen molar-refractivity contribution in [1.82, 2.24) is 9.03 Å². The fraction of sp³-hybridized carbons (Fsp3) is 0.409. The highest BCUT2D eigenvalue weighted by atomic mass is 35.5. The van der Waals surface area contributed by atoms with Crippen LogP contribution in [0.5, 0.6) is 11.5 Å². The Bertz CT molecular complexity index is 1250. The molecule has 4 rings (SSSR count). The molecule has 34 heavy (non-hydrogen) atoms. The van der Waals surface area contributed by atoms with Gasteiger partial charge in [0.2, 0.25) is 5.91 Å². The van der Waals surface area contributed by atoms with Gasteiger partial charge in [-0.1, -0.05) is 23.7 Å². The van der Waals surface area contributed by atoms with Crippen molar-refractivity contribution in [3.63, 3.8) is 0 Å². The summed E-state index contributed by atoms with van der Waals surface area (Å²) in [6, 6.07) is 4.86. The second kappa shape index (κ2) is 8.71. The number of aryl methyl sites for hydroxylation is 1. The number of carbonyl (C=O) groups is 1. The Labute approximate surface area is 200 Å². The Morgan fingerprint density at radius 1 is 1.24 bits per heavy atom. The minimum absolute atomic E-state index is 0.0466. The van der Waals surface area contributed by atoms with E-state index in [9.17, 15) is 26.4 Å². The second-order valence-electron chi connectivity index (χ2n) is 8.47. The number of nitrogens with one attached hydrogen (secondary N) is 1. The van der Waals surface area contributed by atoms with Gasteiger partial charge in [0.15, 0.2) is 5.75 Å². The van der Waals surface area contributed by atoms with Crippen LogP contribution in [-0.2, 0) is 21.4 Å². The first kappa shape index (κ1) is 24.8. The molecule has 184 valence electrons. The van der Waals surface area contributed by atoms with Gasteiger partial charge in [-0.25, -0.2) is 17.9 Å². The van der Waals surface area contributed by atoms with Crippen molar-refractivity contribution < 1.29 is 31.1 Å². The smallest absolute Gasteiger partial charge is 0.280 e. The number of anilines is 1. The van der Waals surface area contributed by atoms with E-state index in [-0.39, 0.29) is 22.9 Å². The lowest BCUT2D eigenvalue weighted by Gasteiger charge is -2.46. The largest absolute Gasteiger partial charge is 0.453 e. The first-order chi connectivity index (χ1) is 15.8. The number of benzene rings is 2. The molecule has 0 radical (unpaired) electrons. The molecule has 1 amide bonds. The third-order valence-corrected chi connectivity index (χ3v) is 8.09. The van der Waals surface area contributed by atoms with Crippen molar-refractivity contribution in [2.75, 3.05) is 19.0 Å². The van der Waals surface area contributed by atoms with E-state index in [0.29, 0.717) is 16.8 Å². The van der Waals surface area contributed by atoms with Crippen molar-refractivity contribution in [2.24, 2.45) is 0 Å². The highest BCUT2D eigenvalue weighted by molar-refractivity contribution is 7.87. The molecule has 0 bridgehead atoms. The van der Waals surface area contributed by atoms with Gasteiger partial charge in [-0.05, 0) is 30.2 Å². The normalized spacial score (nSPS) is 20.3. The minimum Gasteiger partial charge on any atom is -0.453 e. The number of carbonyl (C=O) groups excluding carboxylic acids is 1. The van der Waals surface area contributed by atoms with E-state index in [4.69, 9.17) is 16.3 Å². The second-order valence-corrected chi connectivity index (χ2v) is 10.7. The number of ether oxygens (including phenoxy) is 1. The van der Waals surface area contributed by atoms with Crippen LogP contribution in [0, 0.1) is 12.7 Å². The highest BCUT2D eigenvalue weighted by Gasteiger charge is 2.54. The minimum atomic E-state index is -4.19. The molecule has 12 heteroatoms. The van der Waals surface area contributed by atoms with Crippen LogP contribution in [0.15, 0.2) is 30.3 Å². The summed E-state index contributed by atoms with van der Waals surface area (Å²) in [7, 11) is -1.57. The van der Waals surface area contributed by atoms with Crippen LogP contribution in [0.25, 0.3) is 0 Å². The average Bonchev–Trinajstić information content (AvgIpc) is 2.74. The van der Waals surface area contributed by atoms with Crippen molar-refractivity contribution in [3.8, 4) is 11.5 Å². The molecule has 1 atom stereocenters. The Kier molecular flexibility index (Phi) is 6.34. The molecule has 7 nitrogen and oxygen atoms in total. The summed E-state index contributed by atoms with van der Waals surface area (Å²) in [5.74, 6) is -3.82. The summed E-state index contributed by atoms with van der Waals surface area (Å²) in [6.07, 6.45) is -1.36. The number of hydrogen-bond acceptors (Lipinski definition) is 4. The summed E-state index contributed by atoms with van der Waals surface area (Å²) in [4.78, 5) is 14.6. The average molecular weight is 518 g/mol. The predicted molar refractivity (Wildman–Crippen MR) is 121 cm³/mol. The standard InChI is InChI=1S/C22H23ClF3N3O4S/c1-12-4-5-13-8-17(29(34(31,32)27-2)15-10-22(25,26)11-15)21(30)28(3)19(13)20(12)33-18-9-14(24)6-7-16(18)23/h4-7,9,15,17,27H,8,10-11H2,1-3H3/t17-/m1/s1. The van der Waals surface area contributed by atoms with Crippen molar-refractivity contribution in [1.29, 1.82) is 0 Å². The highest BCUT2D eigenvalue weighted by Crippen LogP contribution is 2.46. The van der Waals surface area contributed by atoms with Crippen LogP contribution in [0.1, 0.15) is 24.0 Å². The van der Waals surface area contributed by atoms with E-state index >= 15 is 0 Å². The molecular weight excluding hydrogens is 495 g/mol. The summed E-state index contributed by atoms with van der Waals surface area (Å²) < 4.78 is 75.4. The maximum atomic E-state index is 13.8. The van der Waals surface area contributed by atoms with Gasteiger partial charge in [0.05, 0.1) is 10.7 Å². The molecule has 2 aliphatic rings. The lowest BCUT2D eigenvalue weighted by Crippen LogP contribution is -2.63. The van der Waals surface area contributed by atoms with Crippen LogP contribution in [0.2, 0.25) is 5.02 Å². The Hall–Kier alpha value is -2.34. The zero-order valence-electron chi connectivity index (χ0n) is 18.6. The zero-order valence-corrected chi connectivity index (χ0v) is 20.2. The molecule has 1 N–H and O–H groups in total. The Morgan fingerprint density at radius 2 is 1.91 bits per heavy atom. The maximum Gasteiger partial charge on any atom is 0.280 e. The molecule has 0 saturated heterocycles. The molecule has 1 heterocycles. The fourth-order valence-corrected chi connectivity index (χ4v) is 5.81. The van der Waals surface area contributed by atoms with E-state index in [1.54, 1.807) is 19.1 Å². The Balaban J connectivity index is 1.75. The Morgan fingerprint density at radius 3 is 2.53 bits per heavy atom. The lowest BCUT2D eigenvalue weighted by atomic mass is 9.86. The van der Waals surface area contributed by atoms with Crippen LogP contribution in [-0.4, -0.2) is 50.7 Å². The molecule has 2 aromatic rings. The third-order valence-electron chi connectivity index (χ3n) is 6.15. The number of nitrogens with zero attached hydrogens (tertiary/aromatic N) is 2.